The van der Waals surface area contributed by atoms with Gasteiger partial charge in [0.25, 0.3) is 0 Å². The van der Waals surface area contributed by atoms with Crippen LogP contribution in [-0.2, 0) is 17.7 Å². The average Bonchev–Trinajstić information content (AvgIpc) is 2.67. The van der Waals surface area contributed by atoms with Crippen LogP contribution < -0.4 is 15.4 Å². The van der Waals surface area contributed by atoms with E-state index >= 15 is 0 Å². The summed E-state index contributed by atoms with van der Waals surface area (Å²) in [5.41, 5.74) is 2.16. The lowest BCUT2D eigenvalue weighted by Crippen LogP contribution is -2.37. The van der Waals surface area contributed by atoms with E-state index in [0.717, 1.165) is 35.1 Å². The second-order valence-electron chi connectivity index (χ2n) is 5.54. The summed E-state index contributed by atoms with van der Waals surface area (Å²) in [5.74, 6) is 1.32. The summed E-state index contributed by atoms with van der Waals surface area (Å²) in [5, 5.41) is 7.33. The minimum absolute atomic E-state index is 0.489. The van der Waals surface area contributed by atoms with Crippen molar-refractivity contribution < 1.29 is 9.47 Å². The number of halogens is 1. The highest BCUT2D eigenvalue weighted by Gasteiger charge is 2.02. The molecule has 2 aromatic rings. The fourth-order valence-corrected chi connectivity index (χ4v) is 2.48. The van der Waals surface area contributed by atoms with Gasteiger partial charge in [0.05, 0.1) is 6.61 Å². The van der Waals surface area contributed by atoms with Crippen LogP contribution in [0.2, 0.25) is 5.02 Å². The van der Waals surface area contributed by atoms with E-state index in [2.05, 4.69) is 20.6 Å². The maximum atomic E-state index is 6.17. The lowest BCUT2D eigenvalue weighted by Gasteiger charge is -2.12. The number of hydrogen-bond donors (Lipinski definition) is 2. The average molecular weight is 377 g/mol. The lowest BCUT2D eigenvalue weighted by atomic mass is 10.1. The molecule has 0 unspecified atom stereocenters. The third kappa shape index (κ3) is 6.90. The number of benzene rings is 1. The van der Waals surface area contributed by atoms with Crippen LogP contribution in [0.15, 0.2) is 47.6 Å². The van der Waals surface area contributed by atoms with Crippen molar-refractivity contribution in [2.45, 2.75) is 13.0 Å². The van der Waals surface area contributed by atoms with E-state index in [1.807, 2.05) is 36.4 Å². The van der Waals surface area contributed by atoms with Gasteiger partial charge in [-0.3, -0.25) is 4.99 Å². The molecule has 0 fully saturated rings. The Balaban J connectivity index is 1.73. The molecule has 6 nitrogen and oxygen atoms in total. The van der Waals surface area contributed by atoms with Crippen LogP contribution in [0, 0.1) is 0 Å². The van der Waals surface area contributed by atoms with E-state index in [9.17, 15) is 0 Å². The topological polar surface area (TPSA) is 67.8 Å². The molecule has 0 aliphatic rings. The first kappa shape index (κ1) is 20.0. The van der Waals surface area contributed by atoms with E-state index < -0.39 is 0 Å². The number of nitrogens with one attached hydrogen (secondary N) is 2. The van der Waals surface area contributed by atoms with Crippen LogP contribution in [0.25, 0.3) is 0 Å². The third-order valence-electron chi connectivity index (χ3n) is 3.66. The van der Waals surface area contributed by atoms with Gasteiger partial charge in [-0.15, -0.1) is 0 Å². The van der Waals surface area contributed by atoms with Crippen molar-refractivity contribution in [2.75, 3.05) is 33.9 Å². The third-order valence-corrected chi connectivity index (χ3v) is 4.03. The Morgan fingerprint density at radius 2 is 2.00 bits per heavy atom. The number of hydrogen-bond acceptors (Lipinski definition) is 4. The fraction of sp³-hybridized carbons (Fsp3) is 0.368. The number of rotatable bonds is 9. The molecule has 0 bridgehead atoms. The maximum absolute atomic E-state index is 6.17. The van der Waals surface area contributed by atoms with Gasteiger partial charge in [0.2, 0.25) is 5.88 Å². The highest BCUT2D eigenvalue weighted by Crippen LogP contribution is 2.14. The SMILES string of the molecule is CN=C(NCCc1ccccc1Cl)NCc1ccc(OCCOC)nc1. The minimum Gasteiger partial charge on any atom is -0.475 e. The molecule has 0 saturated carbocycles. The van der Waals surface area contributed by atoms with Crippen LogP contribution in [0.4, 0.5) is 0 Å². The first-order valence-electron chi connectivity index (χ1n) is 8.47. The van der Waals surface area contributed by atoms with Crippen LogP contribution in [-0.4, -0.2) is 44.9 Å². The number of ether oxygens (including phenoxy) is 2. The number of nitrogens with zero attached hydrogens (tertiary/aromatic N) is 2. The van der Waals surface area contributed by atoms with Crippen LogP contribution in [0.3, 0.4) is 0 Å². The molecule has 26 heavy (non-hydrogen) atoms. The van der Waals surface area contributed by atoms with Crippen molar-refractivity contribution in [1.29, 1.82) is 0 Å². The van der Waals surface area contributed by atoms with E-state index in [1.54, 1.807) is 20.4 Å². The molecule has 0 saturated heterocycles. The number of methoxy groups -OCH3 is 1. The predicted molar refractivity (Wildman–Crippen MR) is 105 cm³/mol. The Labute approximate surface area is 159 Å². The molecule has 1 aromatic heterocycles. The molecule has 0 radical (unpaired) electrons. The van der Waals surface area contributed by atoms with E-state index in [0.29, 0.717) is 25.6 Å². The van der Waals surface area contributed by atoms with Gasteiger partial charge in [0, 0.05) is 44.5 Å². The molecule has 2 N–H and O–H groups in total. The van der Waals surface area contributed by atoms with Gasteiger partial charge >= 0.3 is 0 Å². The summed E-state index contributed by atoms with van der Waals surface area (Å²) < 4.78 is 10.4. The molecule has 0 spiro atoms. The van der Waals surface area contributed by atoms with Gasteiger partial charge in [-0.1, -0.05) is 35.9 Å². The van der Waals surface area contributed by atoms with Gasteiger partial charge in [-0.2, -0.15) is 0 Å². The van der Waals surface area contributed by atoms with Gasteiger partial charge in [0.1, 0.15) is 6.61 Å². The Hall–Kier alpha value is -2.31. The zero-order valence-electron chi connectivity index (χ0n) is 15.2. The van der Waals surface area contributed by atoms with Crippen molar-refractivity contribution in [3.8, 4) is 5.88 Å². The molecular weight excluding hydrogens is 352 g/mol. The highest BCUT2D eigenvalue weighted by molar-refractivity contribution is 6.31. The number of pyridine rings is 1. The monoisotopic (exact) mass is 376 g/mol. The zero-order valence-corrected chi connectivity index (χ0v) is 15.9. The molecule has 0 aliphatic carbocycles. The molecule has 0 atom stereocenters. The van der Waals surface area contributed by atoms with Gasteiger partial charge in [-0.25, -0.2) is 4.98 Å². The van der Waals surface area contributed by atoms with Gasteiger partial charge in [0.15, 0.2) is 5.96 Å². The van der Waals surface area contributed by atoms with Crippen molar-refractivity contribution in [1.82, 2.24) is 15.6 Å². The van der Waals surface area contributed by atoms with Crippen LogP contribution in [0.1, 0.15) is 11.1 Å². The van der Waals surface area contributed by atoms with Crippen LogP contribution in [0.5, 0.6) is 5.88 Å². The summed E-state index contributed by atoms with van der Waals surface area (Å²) >= 11 is 6.17. The molecule has 2 rings (SSSR count). The first-order chi connectivity index (χ1) is 12.7. The van der Waals surface area contributed by atoms with Crippen molar-refractivity contribution in [2.24, 2.45) is 4.99 Å². The van der Waals surface area contributed by atoms with Crippen molar-refractivity contribution >= 4 is 17.6 Å². The Bertz CT molecular complexity index is 692. The first-order valence-corrected chi connectivity index (χ1v) is 8.85. The Kier molecular flexibility index (Phi) is 8.72. The quantitative estimate of drug-likeness (QED) is 0.400. The molecule has 1 heterocycles. The minimum atomic E-state index is 0.489. The largest absolute Gasteiger partial charge is 0.475 e. The van der Waals surface area contributed by atoms with E-state index in [1.165, 1.54) is 0 Å². The molecule has 1 aromatic carbocycles. The summed E-state index contributed by atoms with van der Waals surface area (Å²) in [6, 6.07) is 11.7. The van der Waals surface area contributed by atoms with Crippen molar-refractivity contribution in [3.05, 3.63) is 58.7 Å². The summed E-state index contributed by atoms with van der Waals surface area (Å²) in [4.78, 5) is 8.50. The smallest absolute Gasteiger partial charge is 0.213 e. The molecular formula is C19H25ClN4O2. The molecule has 7 heteroatoms. The Morgan fingerprint density at radius 1 is 1.15 bits per heavy atom. The normalized spacial score (nSPS) is 11.3. The second kappa shape index (κ2) is 11.3. The second-order valence-corrected chi connectivity index (χ2v) is 5.95. The maximum Gasteiger partial charge on any atom is 0.213 e. The number of aromatic nitrogens is 1. The Morgan fingerprint density at radius 3 is 2.69 bits per heavy atom. The lowest BCUT2D eigenvalue weighted by molar-refractivity contribution is 0.143. The summed E-state index contributed by atoms with van der Waals surface area (Å²) in [6.45, 7) is 2.40. The van der Waals surface area contributed by atoms with Crippen LogP contribution >= 0.6 is 11.6 Å². The van der Waals surface area contributed by atoms with Gasteiger partial charge in [-0.05, 0) is 23.6 Å². The molecule has 140 valence electrons. The fourth-order valence-electron chi connectivity index (χ4n) is 2.25. The molecule has 0 amide bonds. The van der Waals surface area contributed by atoms with E-state index in [4.69, 9.17) is 21.1 Å². The van der Waals surface area contributed by atoms with Crippen molar-refractivity contribution in [3.63, 3.8) is 0 Å². The van der Waals surface area contributed by atoms with Gasteiger partial charge < -0.3 is 20.1 Å². The predicted octanol–water partition coefficient (Wildman–Crippen LogP) is 2.67. The number of guanidine groups is 1. The van der Waals surface area contributed by atoms with E-state index in [-0.39, 0.29) is 0 Å². The standard InChI is InChI=1S/C19H25ClN4O2/c1-21-19(22-10-9-16-5-3-4-6-17(16)20)24-14-15-7-8-18(23-13-15)26-12-11-25-2/h3-8,13H,9-12,14H2,1-2H3,(H2,21,22,24). The highest BCUT2D eigenvalue weighted by atomic mass is 35.5. The molecule has 0 aliphatic heterocycles. The zero-order chi connectivity index (χ0) is 18.6. The number of aliphatic imine (C=N–C) groups is 1. The summed E-state index contributed by atoms with van der Waals surface area (Å²) in [6.07, 6.45) is 2.61. The summed E-state index contributed by atoms with van der Waals surface area (Å²) in [7, 11) is 3.39.